The predicted octanol–water partition coefficient (Wildman–Crippen LogP) is 2.04. The lowest BCUT2D eigenvalue weighted by Gasteiger charge is -2.03. The first-order chi connectivity index (χ1) is 11.8. The predicted molar refractivity (Wildman–Crippen MR) is 91.5 cm³/mol. The van der Waals surface area contributed by atoms with Crippen LogP contribution in [0.5, 0.6) is 0 Å². The molecule has 3 heterocycles. The zero-order valence-electron chi connectivity index (χ0n) is 13.0. The largest absolute Gasteiger partial charge is 0.281 e. The molecule has 1 aromatic carbocycles. The maximum Gasteiger partial charge on any atom is 0.281 e. The summed E-state index contributed by atoms with van der Waals surface area (Å²) in [6, 6.07) is 9.55. The zero-order valence-corrected chi connectivity index (χ0v) is 13.8. The van der Waals surface area contributed by atoms with E-state index in [1.165, 1.54) is 10.9 Å². The number of aromatic nitrogens is 6. The number of rotatable bonds is 4. The fraction of sp³-hybridized carbons (Fsp3) is 0.188. The molecule has 0 radical (unpaired) electrons. The van der Waals surface area contributed by atoms with Crippen molar-refractivity contribution in [2.24, 2.45) is 0 Å². The lowest BCUT2D eigenvalue weighted by atomic mass is 10.3. The molecular weight excluding hydrogens is 324 g/mol. The van der Waals surface area contributed by atoms with Crippen LogP contribution in [0.3, 0.4) is 0 Å². The molecular formula is C16H14N6OS. The molecule has 0 unspecified atom stereocenters. The first kappa shape index (κ1) is 14.7. The van der Waals surface area contributed by atoms with Crippen LogP contribution in [0.25, 0.3) is 16.7 Å². The zero-order chi connectivity index (χ0) is 16.5. The van der Waals surface area contributed by atoms with Crippen LogP contribution in [0.4, 0.5) is 0 Å². The SMILES string of the molecule is CCc1nc(Cn2nnc3c(cnn3-c3ccccc3)c2=O)cs1. The highest BCUT2D eigenvalue weighted by Gasteiger charge is 2.13. The van der Waals surface area contributed by atoms with Gasteiger partial charge in [0.2, 0.25) is 0 Å². The molecule has 7 nitrogen and oxygen atoms in total. The van der Waals surface area contributed by atoms with E-state index in [4.69, 9.17) is 0 Å². The van der Waals surface area contributed by atoms with Gasteiger partial charge in [0, 0.05) is 5.38 Å². The van der Waals surface area contributed by atoms with Crippen LogP contribution in [0, 0.1) is 0 Å². The van der Waals surface area contributed by atoms with Crippen LogP contribution in [-0.2, 0) is 13.0 Å². The first-order valence-corrected chi connectivity index (χ1v) is 8.44. The molecule has 0 N–H and O–H groups in total. The van der Waals surface area contributed by atoms with Gasteiger partial charge in [0.1, 0.15) is 5.39 Å². The average molecular weight is 338 g/mol. The van der Waals surface area contributed by atoms with Gasteiger partial charge in [-0.25, -0.2) is 14.3 Å². The molecule has 0 atom stereocenters. The number of para-hydroxylation sites is 1. The van der Waals surface area contributed by atoms with Crippen molar-refractivity contribution in [2.45, 2.75) is 19.9 Å². The van der Waals surface area contributed by atoms with Crippen LogP contribution in [0.15, 0.2) is 46.7 Å². The molecule has 0 aliphatic heterocycles. The van der Waals surface area contributed by atoms with Crippen molar-refractivity contribution in [3.05, 3.63) is 63.0 Å². The van der Waals surface area contributed by atoms with Crippen molar-refractivity contribution >= 4 is 22.4 Å². The van der Waals surface area contributed by atoms with E-state index in [1.807, 2.05) is 35.7 Å². The maximum absolute atomic E-state index is 12.6. The van der Waals surface area contributed by atoms with Crippen molar-refractivity contribution in [2.75, 3.05) is 0 Å². The Hall–Kier alpha value is -2.87. The summed E-state index contributed by atoms with van der Waals surface area (Å²) in [5, 5.41) is 16.0. The first-order valence-electron chi connectivity index (χ1n) is 7.56. The van der Waals surface area contributed by atoms with E-state index in [9.17, 15) is 4.79 Å². The lowest BCUT2D eigenvalue weighted by molar-refractivity contribution is 0.590. The van der Waals surface area contributed by atoms with Gasteiger partial charge >= 0.3 is 0 Å². The topological polar surface area (TPSA) is 78.5 Å². The summed E-state index contributed by atoms with van der Waals surface area (Å²) in [7, 11) is 0. The van der Waals surface area contributed by atoms with Gasteiger partial charge in [-0.2, -0.15) is 5.10 Å². The molecule has 3 aromatic heterocycles. The van der Waals surface area contributed by atoms with Crippen molar-refractivity contribution < 1.29 is 0 Å². The molecule has 24 heavy (non-hydrogen) atoms. The number of benzene rings is 1. The molecule has 8 heteroatoms. The number of nitrogens with zero attached hydrogens (tertiary/aromatic N) is 6. The molecule has 0 spiro atoms. The third kappa shape index (κ3) is 2.50. The Morgan fingerprint density at radius 3 is 2.79 bits per heavy atom. The fourth-order valence-corrected chi connectivity index (χ4v) is 3.20. The molecule has 0 aliphatic carbocycles. The molecule has 4 aromatic rings. The Labute approximate surface area is 141 Å². The minimum Gasteiger partial charge on any atom is -0.267 e. The van der Waals surface area contributed by atoms with E-state index in [0.29, 0.717) is 17.6 Å². The highest BCUT2D eigenvalue weighted by molar-refractivity contribution is 7.09. The van der Waals surface area contributed by atoms with Crippen molar-refractivity contribution in [3.63, 3.8) is 0 Å². The Balaban J connectivity index is 1.75. The molecule has 0 aliphatic rings. The summed E-state index contributed by atoms with van der Waals surface area (Å²) in [6.07, 6.45) is 2.42. The second kappa shape index (κ2) is 5.97. The van der Waals surface area contributed by atoms with Crippen LogP contribution < -0.4 is 5.56 Å². The van der Waals surface area contributed by atoms with E-state index in [0.717, 1.165) is 22.8 Å². The summed E-state index contributed by atoms with van der Waals surface area (Å²) >= 11 is 1.59. The van der Waals surface area contributed by atoms with Gasteiger partial charge in [-0.05, 0) is 18.6 Å². The Morgan fingerprint density at radius 2 is 2.04 bits per heavy atom. The van der Waals surface area contributed by atoms with E-state index < -0.39 is 0 Å². The molecule has 0 saturated heterocycles. The molecule has 0 saturated carbocycles. The lowest BCUT2D eigenvalue weighted by Crippen LogP contribution is -2.25. The molecule has 0 amide bonds. The van der Waals surface area contributed by atoms with E-state index >= 15 is 0 Å². The average Bonchev–Trinajstić information content (AvgIpc) is 3.25. The summed E-state index contributed by atoms with van der Waals surface area (Å²) < 4.78 is 2.94. The van der Waals surface area contributed by atoms with E-state index in [1.54, 1.807) is 16.0 Å². The third-order valence-corrected chi connectivity index (χ3v) is 4.71. The Kier molecular flexibility index (Phi) is 3.66. The monoisotopic (exact) mass is 338 g/mol. The van der Waals surface area contributed by atoms with Crippen molar-refractivity contribution in [3.8, 4) is 5.69 Å². The van der Waals surface area contributed by atoms with Crippen LogP contribution in [0.2, 0.25) is 0 Å². The Morgan fingerprint density at radius 1 is 1.21 bits per heavy atom. The van der Waals surface area contributed by atoms with Gasteiger partial charge in [-0.15, -0.1) is 16.4 Å². The second-order valence-corrected chi connectivity index (χ2v) is 6.21. The molecule has 0 bridgehead atoms. The third-order valence-electron chi connectivity index (χ3n) is 3.67. The maximum atomic E-state index is 12.6. The van der Waals surface area contributed by atoms with Gasteiger partial charge in [-0.1, -0.05) is 30.3 Å². The number of aryl methyl sites for hydroxylation is 1. The van der Waals surface area contributed by atoms with Gasteiger partial charge in [0.25, 0.3) is 5.56 Å². The van der Waals surface area contributed by atoms with Crippen molar-refractivity contribution in [1.82, 2.24) is 29.8 Å². The van der Waals surface area contributed by atoms with Crippen molar-refractivity contribution in [1.29, 1.82) is 0 Å². The fourth-order valence-electron chi connectivity index (χ4n) is 2.46. The quantitative estimate of drug-likeness (QED) is 0.569. The summed E-state index contributed by atoms with van der Waals surface area (Å²) in [5.74, 6) is 0. The minimum absolute atomic E-state index is 0.215. The Bertz CT molecular complexity index is 1050. The van der Waals surface area contributed by atoms with Gasteiger partial charge < -0.3 is 0 Å². The normalized spacial score (nSPS) is 11.2. The molecule has 120 valence electrons. The summed E-state index contributed by atoms with van der Waals surface area (Å²) in [4.78, 5) is 17.1. The molecule has 4 rings (SSSR count). The van der Waals surface area contributed by atoms with Gasteiger partial charge in [0.15, 0.2) is 5.65 Å². The van der Waals surface area contributed by atoms with E-state index in [2.05, 4.69) is 27.3 Å². The summed E-state index contributed by atoms with van der Waals surface area (Å²) in [6.45, 7) is 2.37. The van der Waals surface area contributed by atoms with Crippen LogP contribution in [-0.4, -0.2) is 29.8 Å². The number of hydrogen-bond donors (Lipinski definition) is 0. The highest BCUT2D eigenvalue weighted by atomic mass is 32.1. The number of thiazole rings is 1. The summed E-state index contributed by atoms with van der Waals surface area (Å²) in [5.41, 5.74) is 1.90. The number of fused-ring (bicyclic) bond motifs is 1. The smallest absolute Gasteiger partial charge is 0.267 e. The molecule has 0 fully saturated rings. The van der Waals surface area contributed by atoms with Gasteiger partial charge in [-0.3, -0.25) is 4.79 Å². The van der Waals surface area contributed by atoms with Crippen LogP contribution in [0.1, 0.15) is 17.6 Å². The number of hydrogen-bond acceptors (Lipinski definition) is 6. The minimum atomic E-state index is -0.215. The standard InChI is InChI=1S/C16H14N6OS/c1-2-14-18-11(10-24-14)9-21-16(23)13-8-17-22(15(13)19-20-21)12-6-4-3-5-7-12/h3-8,10H,2,9H2,1H3. The van der Waals surface area contributed by atoms with Gasteiger partial charge in [0.05, 0.1) is 29.1 Å². The second-order valence-electron chi connectivity index (χ2n) is 5.27. The van der Waals surface area contributed by atoms with E-state index in [-0.39, 0.29) is 5.56 Å². The van der Waals surface area contributed by atoms with Crippen LogP contribution >= 0.6 is 11.3 Å². The highest BCUT2D eigenvalue weighted by Crippen LogP contribution is 2.13.